The minimum atomic E-state index is -0.000988. The lowest BCUT2D eigenvalue weighted by molar-refractivity contribution is -0.116. The molecule has 7 heteroatoms. The first-order valence-electron chi connectivity index (χ1n) is 11.1. The molecule has 0 radical (unpaired) electrons. The molecule has 2 amide bonds. The summed E-state index contributed by atoms with van der Waals surface area (Å²) in [6.07, 6.45) is 2.34. The number of aromatic nitrogens is 1. The first kappa shape index (κ1) is 21.0. The van der Waals surface area contributed by atoms with Gasteiger partial charge in [-0.2, -0.15) is 0 Å². The summed E-state index contributed by atoms with van der Waals surface area (Å²) in [7, 11) is 0. The number of nitrogens with zero attached hydrogens (tertiary/aromatic N) is 2. The van der Waals surface area contributed by atoms with Gasteiger partial charge in [-0.1, -0.05) is 17.7 Å². The molecule has 2 saturated heterocycles. The number of carbonyl (C=O) groups is 2. The molecule has 2 N–H and O–H groups in total. The average molecular weight is 451 g/mol. The number of amides is 2. The van der Waals surface area contributed by atoms with Crippen LogP contribution in [-0.2, 0) is 4.79 Å². The Morgan fingerprint density at radius 3 is 2.59 bits per heavy atom. The van der Waals surface area contributed by atoms with Crippen molar-refractivity contribution in [3.05, 3.63) is 64.8 Å². The predicted octanol–water partition coefficient (Wildman–Crippen LogP) is 4.16. The van der Waals surface area contributed by atoms with Gasteiger partial charge in [0.05, 0.1) is 0 Å². The van der Waals surface area contributed by atoms with Gasteiger partial charge in [-0.05, 0) is 60.7 Å². The Kier molecular flexibility index (Phi) is 5.66. The Hall–Kier alpha value is -2.83. The van der Waals surface area contributed by atoms with Crippen LogP contribution < -0.4 is 5.32 Å². The highest BCUT2D eigenvalue weighted by atomic mass is 35.5. The minimum Gasteiger partial charge on any atom is -0.361 e. The maximum atomic E-state index is 13.0. The molecule has 5 rings (SSSR count). The second kappa shape index (κ2) is 8.60. The maximum Gasteiger partial charge on any atom is 0.253 e. The van der Waals surface area contributed by atoms with Crippen LogP contribution in [0.5, 0.6) is 0 Å². The molecular formula is C25H27ClN4O2. The molecule has 2 aromatic carbocycles. The Morgan fingerprint density at radius 2 is 1.84 bits per heavy atom. The van der Waals surface area contributed by atoms with Crippen LogP contribution in [0.4, 0.5) is 5.69 Å². The van der Waals surface area contributed by atoms with E-state index in [0.717, 1.165) is 60.4 Å². The van der Waals surface area contributed by atoms with Gasteiger partial charge in [-0.15, -0.1) is 0 Å². The van der Waals surface area contributed by atoms with Crippen molar-refractivity contribution < 1.29 is 9.59 Å². The van der Waals surface area contributed by atoms with Gasteiger partial charge >= 0.3 is 0 Å². The van der Waals surface area contributed by atoms with E-state index in [-0.39, 0.29) is 11.8 Å². The molecule has 1 aromatic heterocycles. The molecule has 0 aliphatic carbocycles. The number of benzene rings is 2. The number of hydrogen-bond acceptors (Lipinski definition) is 3. The van der Waals surface area contributed by atoms with Crippen LogP contribution in [0, 0.1) is 18.8 Å². The van der Waals surface area contributed by atoms with Gasteiger partial charge in [-0.3, -0.25) is 9.59 Å². The molecule has 166 valence electrons. The van der Waals surface area contributed by atoms with Crippen molar-refractivity contribution >= 4 is 40.0 Å². The summed E-state index contributed by atoms with van der Waals surface area (Å²) in [5.41, 5.74) is 3.52. The van der Waals surface area contributed by atoms with Crippen LogP contribution in [-0.4, -0.2) is 59.3 Å². The molecule has 6 nitrogen and oxygen atoms in total. The highest BCUT2D eigenvalue weighted by Gasteiger charge is 2.41. The number of carbonyl (C=O) groups excluding carboxylic acids is 2. The summed E-state index contributed by atoms with van der Waals surface area (Å²) in [6.45, 7) is 6.13. The third-order valence-electron chi connectivity index (χ3n) is 6.76. The van der Waals surface area contributed by atoms with Gasteiger partial charge in [0.2, 0.25) is 5.91 Å². The van der Waals surface area contributed by atoms with Crippen LogP contribution in [0.2, 0.25) is 5.02 Å². The fourth-order valence-electron chi connectivity index (χ4n) is 4.96. The van der Waals surface area contributed by atoms with E-state index in [4.69, 9.17) is 11.6 Å². The van der Waals surface area contributed by atoms with Gasteiger partial charge in [0.25, 0.3) is 5.91 Å². The molecule has 2 unspecified atom stereocenters. The van der Waals surface area contributed by atoms with Crippen LogP contribution in [0.15, 0.2) is 48.7 Å². The topological polar surface area (TPSA) is 68.4 Å². The lowest BCUT2D eigenvalue weighted by Crippen LogP contribution is -2.34. The molecule has 32 heavy (non-hydrogen) atoms. The van der Waals surface area contributed by atoms with Crippen molar-refractivity contribution in [1.29, 1.82) is 0 Å². The normalized spacial score (nSPS) is 20.6. The standard InChI is InChI=1S/C25H27ClN4O2/c1-16-2-4-21(11-22(16)26)28-24(31)7-9-29-12-19-14-30(15-20(19)13-29)25(32)18-3-5-23-17(10-18)6-8-27-23/h2-6,8,10-11,19-20,27H,7,9,12-15H2,1H3,(H,28,31). The van der Waals surface area contributed by atoms with Crippen molar-refractivity contribution in [1.82, 2.24) is 14.8 Å². The smallest absolute Gasteiger partial charge is 0.253 e. The summed E-state index contributed by atoms with van der Waals surface area (Å²) in [5.74, 6) is 1.08. The summed E-state index contributed by atoms with van der Waals surface area (Å²) in [6, 6.07) is 13.4. The third-order valence-corrected chi connectivity index (χ3v) is 7.17. The van der Waals surface area contributed by atoms with Crippen LogP contribution in [0.1, 0.15) is 22.3 Å². The first-order valence-corrected chi connectivity index (χ1v) is 11.5. The van der Waals surface area contributed by atoms with Crippen molar-refractivity contribution in [3.63, 3.8) is 0 Å². The van der Waals surface area contributed by atoms with Crippen LogP contribution in [0.3, 0.4) is 0 Å². The van der Waals surface area contributed by atoms with E-state index in [1.165, 1.54) is 0 Å². The number of nitrogens with one attached hydrogen (secondary N) is 2. The largest absolute Gasteiger partial charge is 0.361 e. The summed E-state index contributed by atoms with van der Waals surface area (Å²) < 4.78 is 0. The quantitative estimate of drug-likeness (QED) is 0.613. The van der Waals surface area contributed by atoms with Crippen molar-refractivity contribution in [2.45, 2.75) is 13.3 Å². The van der Waals surface area contributed by atoms with Gasteiger partial charge in [0, 0.05) is 72.5 Å². The molecule has 2 aliphatic rings. The highest BCUT2D eigenvalue weighted by molar-refractivity contribution is 6.31. The zero-order valence-electron chi connectivity index (χ0n) is 18.1. The zero-order valence-corrected chi connectivity index (χ0v) is 18.9. The number of aromatic amines is 1. The Balaban J connectivity index is 1.11. The van der Waals surface area contributed by atoms with Crippen molar-refractivity contribution in [3.8, 4) is 0 Å². The monoisotopic (exact) mass is 450 g/mol. The van der Waals surface area contributed by atoms with E-state index in [1.807, 2.05) is 54.4 Å². The molecule has 0 bridgehead atoms. The van der Waals surface area contributed by atoms with Gasteiger partial charge in [-0.25, -0.2) is 0 Å². The molecule has 0 saturated carbocycles. The van der Waals surface area contributed by atoms with E-state index >= 15 is 0 Å². The number of likely N-dealkylation sites (tertiary alicyclic amines) is 2. The second-order valence-electron chi connectivity index (χ2n) is 9.03. The predicted molar refractivity (Wildman–Crippen MR) is 127 cm³/mol. The van der Waals surface area contributed by atoms with Crippen LogP contribution >= 0.6 is 11.6 Å². The van der Waals surface area contributed by atoms with E-state index in [1.54, 1.807) is 6.07 Å². The van der Waals surface area contributed by atoms with E-state index in [9.17, 15) is 9.59 Å². The molecule has 0 spiro atoms. The molecule has 3 aromatic rings. The van der Waals surface area contributed by atoms with Crippen molar-refractivity contribution in [2.75, 3.05) is 38.0 Å². The summed E-state index contributed by atoms with van der Waals surface area (Å²) in [4.78, 5) is 32.9. The minimum absolute atomic E-state index is 0.000988. The third kappa shape index (κ3) is 4.25. The van der Waals surface area contributed by atoms with E-state index < -0.39 is 0 Å². The first-order chi connectivity index (χ1) is 15.5. The Bertz CT molecular complexity index is 1160. The number of anilines is 1. The van der Waals surface area contributed by atoms with Crippen molar-refractivity contribution in [2.24, 2.45) is 11.8 Å². The molecular weight excluding hydrogens is 424 g/mol. The molecule has 2 atom stereocenters. The fraction of sp³-hybridized carbons (Fsp3) is 0.360. The second-order valence-corrected chi connectivity index (χ2v) is 9.44. The lowest BCUT2D eigenvalue weighted by atomic mass is 10.0. The average Bonchev–Trinajstić information content (AvgIpc) is 3.48. The van der Waals surface area contributed by atoms with Gasteiger partial charge in [0.15, 0.2) is 0 Å². The van der Waals surface area contributed by atoms with E-state index in [0.29, 0.717) is 23.3 Å². The molecule has 3 heterocycles. The number of H-pyrrole nitrogens is 1. The van der Waals surface area contributed by atoms with Crippen LogP contribution in [0.25, 0.3) is 10.9 Å². The number of hydrogen-bond donors (Lipinski definition) is 2. The number of rotatable bonds is 5. The van der Waals surface area contributed by atoms with Gasteiger partial charge in [0.1, 0.15) is 0 Å². The SMILES string of the molecule is Cc1ccc(NC(=O)CCN2CC3CN(C(=O)c4ccc5[nH]ccc5c4)CC3C2)cc1Cl. The van der Waals surface area contributed by atoms with E-state index in [2.05, 4.69) is 15.2 Å². The Morgan fingerprint density at radius 1 is 1.06 bits per heavy atom. The fourth-order valence-corrected chi connectivity index (χ4v) is 5.14. The summed E-state index contributed by atoms with van der Waals surface area (Å²) >= 11 is 6.14. The lowest BCUT2D eigenvalue weighted by Gasteiger charge is -2.21. The maximum absolute atomic E-state index is 13.0. The Labute approximate surface area is 192 Å². The summed E-state index contributed by atoms with van der Waals surface area (Å²) in [5, 5.41) is 4.65. The number of halogens is 1. The molecule has 2 fully saturated rings. The highest BCUT2D eigenvalue weighted by Crippen LogP contribution is 2.32. The van der Waals surface area contributed by atoms with Gasteiger partial charge < -0.3 is 20.1 Å². The zero-order chi connectivity index (χ0) is 22.2. The number of fused-ring (bicyclic) bond motifs is 2. The molecule has 2 aliphatic heterocycles. The number of aryl methyl sites for hydroxylation is 1.